The van der Waals surface area contributed by atoms with Crippen molar-refractivity contribution < 1.29 is 22.9 Å². The minimum Gasteiger partial charge on any atom is -0.376 e. The van der Waals surface area contributed by atoms with E-state index < -0.39 is 32.1 Å². The number of thioether (sulfide) groups is 1. The second-order valence-corrected chi connectivity index (χ2v) is 16.9. The number of hydrogen-bond acceptors (Lipinski definition) is 10. The fraction of sp³-hybridized carbons (Fsp3) is 0.279. The number of piperidine rings is 1. The number of nitro groups is 1. The molecule has 13 heteroatoms. The molecule has 2 N–H and O–H groups in total. The number of benzene rings is 5. The molecule has 11 nitrogen and oxygen atoms in total. The van der Waals surface area contributed by atoms with Crippen LogP contribution in [0.5, 0.6) is 0 Å². The lowest BCUT2D eigenvalue weighted by Crippen LogP contribution is -2.43. The van der Waals surface area contributed by atoms with Crippen molar-refractivity contribution in [1.29, 1.82) is 0 Å². The topological polar surface area (TPSA) is 134 Å². The van der Waals surface area contributed by atoms with Crippen molar-refractivity contribution in [3.63, 3.8) is 0 Å². The Labute approximate surface area is 333 Å². The lowest BCUT2D eigenvalue weighted by molar-refractivity contribution is -0.384. The van der Waals surface area contributed by atoms with Gasteiger partial charge < -0.3 is 19.9 Å². The zero-order valence-corrected chi connectivity index (χ0v) is 33.4. The Kier molecular flexibility index (Phi) is 13.1. The van der Waals surface area contributed by atoms with E-state index in [4.69, 9.17) is 4.74 Å². The average molecular weight is 794 g/mol. The number of methoxy groups -OCH3 is 1. The third-order valence-corrected chi connectivity index (χ3v) is 12.7. The van der Waals surface area contributed by atoms with Gasteiger partial charge in [0.05, 0.1) is 15.4 Å². The van der Waals surface area contributed by atoms with Gasteiger partial charge in [0.15, 0.2) is 0 Å². The number of amides is 1. The molecule has 1 amide bonds. The summed E-state index contributed by atoms with van der Waals surface area (Å²) in [6, 6.07) is 38.9. The normalized spacial score (nSPS) is 14.6. The van der Waals surface area contributed by atoms with Crippen molar-refractivity contribution in [3.05, 3.63) is 149 Å². The van der Waals surface area contributed by atoms with E-state index >= 15 is 0 Å². The Bertz CT molecular complexity index is 2200. The monoisotopic (exact) mass is 793 g/mol. The number of hydrogen-bond donors (Lipinski definition) is 2. The van der Waals surface area contributed by atoms with E-state index in [0.29, 0.717) is 12.2 Å². The number of carbonyl (C=O) groups is 1. The highest BCUT2D eigenvalue weighted by atomic mass is 32.2. The van der Waals surface area contributed by atoms with Crippen LogP contribution in [0.25, 0.3) is 11.1 Å². The number of carbonyl (C=O) groups excluding carboxylic acids is 1. The summed E-state index contributed by atoms with van der Waals surface area (Å²) in [5, 5.41) is 15.5. The van der Waals surface area contributed by atoms with Gasteiger partial charge in [0.25, 0.3) is 21.6 Å². The van der Waals surface area contributed by atoms with Gasteiger partial charge in [-0.15, -0.1) is 11.8 Å². The van der Waals surface area contributed by atoms with Gasteiger partial charge in [-0.25, -0.2) is 13.1 Å². The Morgan fingerprint density at radius 1 is 0.893 bits per heavy atom. The Morgan fingerprint density at radius 2 is 1.52 bits per heavy atom. The molecule has 0 bridgehead atoms. The summed E-state index contributed by atoms with van der Waals surface area (Å²) in [6.45, 7) is 2.19. The molecule has 0 aromatic heterocycles. The highest BCUT2D eigenvalue weighted by Gasteiger charge is 2.36. The summed E-state index contributed by atoms with van der Waals surface area (Å²) in [5.41, 5.74) is 3.88. The van der Waals surface area contributed by atoms with Gasteiger partial charge in [-0.3, -0.25) is 14.9 Å². The summed E-state index contributed by atoms with van der Waals surface area (Å²) in [4.78, 5) is 29.7. The van der Waals surface area contributed by atoms with Crippen LogP contribution in [0.4, 0.5) is 17.1 Å². The van der Waals surface area contributed by atoms with E-state index in [9.17, 15) is 23.3 Å². The van der Waals surface area contributed by atoms with E-state index in [1.165, 1.54) is 12.1 Å². The van der Waals surface area contributed by atoms with Gasteiger partial charge in [0.2, 0.25) is 0 Å². The van der Waals surface area contributed by atoms with E-state index in [1.807, 2.05) is 67.5 Å². The van der Waals surface area contributed by atoms with E-state index in [2.05, 4.69) is 51.3 Å². The maximum absolute atomic E-state index is 13.4. The third-order valence-electron chi connectivity index (χ3n) is 10.2. The second-order valence-electron chi connectivity index (χ2n) is 14.1. The number of sulfonamides is 1. The van der Waals surface area contributed by atoms with Crippen molar-refractivity contribution in [3.8, 4) is 11.1 Å². The number of nitro benzene ring substituents is 1. The Morgan fingerprint density at radius 3 is 2.12 bits per heavy atom. The van der Waals surface area contributed by atoms with E-state index in [0.717, 1.165) is 65.8 Å². The maximum Gasteiger partial charge on any atom is 0.293 e. The molecule has 1 unspecified atom stereocenters. The molecule has 0 saturated carbocycles. The molecule has 1 fully saturated rings. The van der Waals surface area contributed by atoms with Crippen LogP contribution in [0.3, 0.4) is 0 Å². The lowest BCUT2D eigenvalue weighted by Gasteiger charge is -2.42. The van der Waals surface area contributed by atoms with Gasteiger partial charge >= 0.3 is 0 Å². The van der Waals surface area contributed by atoms with Crippen LogP contribution < -0.4 is 14.9 Å². The molecule has 0 radical (unpaired) electrons. The molecule has 1 aliphatic rings. The van der Waals surface area contributed by atoms with Crippen LogP contribution in [-0.4, -0.2) is 76.8 Å². The fourth-order valence-corrected chi connectivity index (χ4v) is 8.88. The number of rotatable bonds is 16. The molecular weight excluding hydrogens is 747 g/mol. The standard InChI is InChI=1S/C43H47N5O6S2/c1-46(2)27-24-36(31-55-38-12-8-5-9-13-38)44-40-23-22-39(30-41(40)48(50)51)56(52,53)45-42(49)34-16-20-37(21-17-34)47-28-25-43(54-3,26-29-47)35-18-14-33(15-19-35)32-10-6-4-7-11-32/h4-23,30,36,44H,24-29,31H2,1-3H3,(H,45,49). The minimum absolute atomic E-state index is 0.142. The van der Waals surface area contributed by atoms with Crippen molar-refractivity contribution in [2.24, 2.45) is 0 Å². The SMILES string of the molecule is COC1(c2ccc(-c3ccccc3)cc2)CCN(c2ccc(C(=O)NS(=O)(=O)c3ccc(NC(CCN(C)C)CSc4ccccc4)c([N+](=O)[O-])c3)cc2)CC1. The Balaban J connectivity index is 1.08. The molecule has 1 heterocycles. The van der Waals surface area contributed by atoms with Crippen LogP contribution in [0.2, 0.25) is 0 Å². The number of nitrogens with zero attached hydrogens (tertiary/aromatic N) is 3. The van der Waals surface area contributed by atoms with Gasteiger partial charge in [-0.1, -0.05) is 72.8 Å². The van der Waals surface area contributed by atoms with Crippen molar-refractivity contribution in [1.82, 2.24) is 9.62 Å². The Hall–Kier alpha value is -5.21. The molecule has 1 aliphatic heterocycles. The molecule has 1 atom stereocenters. The quantitative estimate of drug-likeness (QED) is 0.0575. The molecule has 5 aromatic rings. The first-order valence-corrected chi connectivity index (χ1v) is 20.9. The lowest BCUT2D eigenvalue weighted by atomic mass is 9.83. The average Bonchev–Trinajstić information content (AvgIpc) is 3.22. The molecule has 0 spiro atoms. The van der Waals surface area contributed by atoms with Gasteiger partial charge in [0.1, 0.15) is 5.69 Å². The second kappa shape index (κ2) is 18.2. The molecule has 6 rings (SSSR count). The predicted octanol–water partition coefficient (Wildman–Crippen LogP) is 8.05. The largest absolute Gasteiger partial charge is 0.376 e. The highest BCUT2D eigenvalue weighted by Crippen LogP contribution is 2.38. The molecule has 292 valence electrons. The van der Waals surface area contributed by atoms with E-state index in [1.54, 1.807) is 43.1 Å². The zero-order valence-electron chi connectivity index (χ0n) is 31.8. The van der Waals surface area contributed by atoms with Crippen LogP contribution in [0.1, 0.15) is 35.2 Å². The third kappa shape index (κ3) is 9.96. The van der Waals surface area contributed by atoms with Gasteiger partial charge in [0, 0.05) is 54.2 Å². The summed E-state index contributed by atoms with van der Waals surface area (Å²) < 4.78 is 35.0. The maximum atomic E-state index is 13.4. The minimum atomic E-state index is -4.43. The van der Waals surface area contributed by atoms with Crippen LogP contribution >= 0.6 is 11.8 Å². The zero-order chi connectivity index (χ0) is 39.7. The molecule has 1 saturated heterocycles. The first-order valence-electron chi connectivity index (χ1n) is 18.5. The van der Waals surface area contributed by atoms with Crippen molar-refractivity contribution in [2.45, 2.75) is 40.7 Å². The van der Waals surface area contributed by atoms with Crippen molar-refractivity contribution >= 4 is 44.8 Å². The smallest absolute Gasteiger partial charge is 0.293 e. The fourth-order valence-electron chi connectivity index (χ4n) is 6.89. The highest BCUT2D eigenvalue weighted by molar-refractivity contribution is 7.99. The first kappa shape index (κ1) is 40.5. The first-order chi connectivity index (χ1) is 27.0. The number of nitrogens with one attached hydrogen (secondary N) is 2. The molecular formula is C43H47N5O6S2. The summed E-state index contributed by atoms with van der Waals surface area (Å²) in [7, 11) is 1.23. The van der Waals surface area contributed by atoms with Crippen molar-refractivity contribution in [2.75, 3.05) is 56.8 Å². The molecule has 5 aromatic carbocycles. The van der Waals surface area contributed by atoms with Gasteiger partial charge in [-0.2, -0.15) is 0 Å². The summed E-state index contributed by atoms with van der Waals surface area (Å²) >= 11 is 1.63. The van der Waals surface area contributed by atoms with Gasteiger partial charge in [-0.05, 0) is 105 Å². The van der Waals surface area contributed by atoms with Crippen LogP contribution in [0, 0.1) is 10.1 Å². The molecule has 0 aliphatic carbocycles. The van der Waals surface area contributed by atoms with Crippen LogP contribution in [-0.2, 0) is 20.4 Å². The number of anilines is 2. The summed E-state index contributed by atoms with van der Waals surface area (Å²) in [5.74, 6) is -0.196. The number of ether oxygens (including phenoxy) is 1. The predicted molar refractivity (Wildman–Crippen MR) is 224 cm³/mol. The van der Waals surface area contributed by atoms with Crippen LogP contribution in [0.15, 0.2) is 137 Å². The summed E-state index contributed by atoms with van der Waals surface area (Å²) in [6.07, 6.45) is 2.23. The van der Waals surface area contributed by atoms with E-state index in [-0.39, 0.29) is 22.2 Å². The molecule has 56 heavy (non-hydrogen) atoms.